The standard InChI is InChI=1S/C17H21ClN4O/c1-12(2)11-20-17(23)15-6-7-16(22-21-15)19-9-8-13-4-3-5-14(18)10-13/h3-7,10,12H,8-9,11H2,1-2H3,(H,19,22)(H,20,23). The van der Waals surface area contributed by atoms with Crippen LogP contribution in [-0.2, 0) is 6.42 Å². The zero-order chi connectivity index (χ0) is 16.7. The minimum atomic E-state index is -0.198. The van der Waals surface area contributed by atoms with Gasteiger partial charge < -0.3 is 10.6 Å². The average molecular weight is 333 g/mol. The van der Waals surface area contributed by atoms with Gasteiger partial charge in [0.2, 0.25) is 0 Å². The third-order valence-electron chi connectivity index (χ3n) is 3.18. The molecule has 0 aliphatic rings. The molecule has 0 aliphatic heterocycles. The predicted molar refractivity (Wildman–Crippen MR) is 92.8 cm³/mol. The molecule has 0 saturated heterocycles. The van der Waals surface area contributed by atoms with Crippen LogP contribution in [0.2, 0.25) is 5.02 Å². The van der Waals surface area contributed by atoms with Crippen molar-refractivity contribution in [2.75, 3.05) is 18.4 Å². The SMILES string of the molecule is CC(C)CNC(=O)c1ccc(NCCc2cccc(Cl)c2)nn1. The monoisotopic (exact) mass is 332 g/mol. The Bertz CT molecular complexity index is 643. The van der Waals surface area contributed by atoms with E-state index < -0.39 is 0 Å². The molecular formula is C17H21ClN4O. The maximum atomic E-state index is 11.8. The summed E-state index contributed by atoms with van der Waals surface area (Å²) in [4.78, 5) is 11.8. The zero-order valence-corrected chi connectivity index (χ0v) is 14.1. The maximum absolute atomic E-state index is 11.8. The van der Waals surface area contributed by atoms with Crippen LogP contribution in [0.25, 0.3) is 0 Å². The Morgan fingerprint density at radius 2 is 2.04 bits per heavy atom. The first-order valence-electron chi connectivity index (χ1n) is 7.65. The minimum absolute atomic E-state index is 0.198. The molecule has 122 valence electrons. The first kappa shape index (κ1) is 17.2. The molecule has 0 unspecified atom stereocenters. The lowest BCUT2D eigenvalue weighted by Gasteiger charge is -2.08. The van der Waals surface area contributed by atoms with Crippen molar-refractivity contribution in [1.29, 1.82) is 0 Å². The van der Waals surface area contributed by atoms with Crippen molar-refractivity contribution < 1.29 is 4.79 Å². The van der Waals surface area contributed by atoms with Gasteiger partial charge in [-0.15, -0.1) is 10.2 Å². The Morgan fingerprint density at radius 1 is 1.22 bits per heavy atom. The highest BCUT2D eigenvalue weighted by Crippen LogP contribution is 2.11. The molecule has 1 aromatic carbocycles. The van der Waals surface area contributed by atoms with E-state index in [1.54, 1.807) is 12.1 Å². The summed E-state index contributed by atoms with van der Waals surface area (Å²) < 4.78 is 0. The first-order valence-corrected chi connectivity index (χ1v) is 8.02. The number of nitrogens with one attached hydrogen (secondary N) is 2. The first-order chi connectivity index (χ1) is 11.0. The molecule has 0 radical (unpaired) electrons. The Morgan fingerprint density at radius 3 is 2.70 bits per heavy atom. The molecule has 1 heterocycles. The Balaban J connectivity index is 1.81. The summed E-state index contributed by atoms with van der Waals surface area (Å²) in [5.41, 5.74) is 1.48. The molecular weight excluding hydrogens is 312 g/mol. The fourth-order valence-corrected chi connectivity index (χ4v) is 2.18. The lowest BCUT2D eigenvalue weighted by atomic mass is 10.1. The molecule has 1 amide bonds. The number of aromatic nitrogens is 2. The Labute approximate surface area is 141 Å². The van der Waals surface area contributed by atoms with Crippen LogP contribution in [0.4, 0.5) is 5.82 Å². The van der Waals surface area contributed by atoms with Crippen LogP contribution in [0, 0.1) is 5.92 Å². The smallest absolute Gasteiger partial charge is 0.271 e. The number of hydrogen-bond acceptors (Lipinski definition) is 4. The zero-order valence-electron chi connectivity index (χ0n) is 13.3. The molecule has 5 nitrogen and oxygen atoms in total. The Hall–Kier alpha value is -2.14. The maximum Gasteiger partial charge on any atom is 0.271 e. The lowest BCUT2D eigenvalue weighted by Crippen LogP contribution is -2.28. The van der Waals surface area contributed by atoms with Crippen LogP contribution in [0.3, 0.4) is 0 Å². The van der Waals surface area contributed by atoms with E-state index >= 15 is 0 Å². The van der Waals surface area contributed by atoms with E-state index in [2.05, 4.69) is 20.8 Å². The van der Waals surface area contributed by atoms with Crippen LogP contribution in [0.1, 0.15) is 29.9 Å². The van der Waals surface area contributed by atoms with Crippen molar-refractivity contribution in [2.45, 2.75) is 20.3 Å². The van der Waals surface area contributed by atoms with E-state index in [0.717, 1.165) is 17.0 Å². The summed E-state index contributed by atoms with van der Waals surface area (Å²) in [6.07, 6.45) is 0.832. The number of carbonyl (C=O) groups is 1. The molecule has 23 heavy (non-hydrogen) atoms. The molecule has 0 atom stereocenters. The van der Waals surface area contributed by atoms with Gasteiger partial charge >= 0.3 is 0 Å². The number of hydrogen-bond donors (Lipinski definition) is 2. The topological polar surface area (TPSA) is 66.9 Å². The molecule has 6 heteroatoms. The van der Waals surface area contributed by atoms with E-state index in [4.69, 9.17) is 11.6 Å². The third-order valence-corrected chi connectivity index (χ3v) is 3.41. The van der Waals surface area contributed by atoms with Crippen LogP contribution < -0.4 is 10.6 Å². The summed E-state index contributed by atoms with van der Waals surface area (Å²) in [5, 5.41) is 14.7. The van der Waals surface area contributed by atoms with Gasteiger partial charge in [-0.3, -0.25) is 4.79 Å². The molecule has 2 N–H and O–H groups in total. The number of rotatable bonds is 7. The van der Waals surface area contributed by atoms with Gasteiger partial charge in [0.05, 0.1) is 0 Å². The fourth-order valence-electron chi connectivity index (χ4n) is 1.96. The number of halogens is 1. The number of amides is 1. The molecule has 0 bridgehead atoms. The molecule has 1 aromatic heterocycles. The van der Waals surface area contributed by atoms with Crippen molar-refractivity contribution >= 4 is 23.3 Å². The van der Waals surface area contributed by atoms with Crippen LogP contribution >= 0.6 is 11.6 Å². The molecule has 2 aromatic rings. The van der Waals surface area contributed by atoms with Crippen molar-refractivity contribution in [1.82, 2.24) is 15.5 Å². The quantitative estimate of drug-likeness (QED) is 0.817. The van der Waals surface area contributed by atoms with Gasteiger partial charge in [0.25, 0.3) is 5.91 Å². The van der Waals surface area contributed by atoms with Gasteiger partial charge in [-0.05, 0) is 42.2 Å². The van der Waals surface area contributed by atoms with Crippen LogP contribution in [0.5, 0.6) is 0 Å². The van der Waals surface area contributed by atoms with E-state index in [1.807, 2.05) is 38.1 Å². The van der Waals surface area contributed by atoms with E-state index in [1.165, 1.54) is 0 Å². The summed E-state index contributed by atoms with van der Waals surface area (Å²) in [6, 6.07) is 11.2. The second kappa shape index (κ2) is 8.48. The van der Waals surface area contributed by atoms with E-state index in [-0.39, 0.29) is 5.91 Å². The molecule has 0 aliphatic carbocycles. The fraction of sp³-hybridized carbons (Fsp3) is 0.353. The van der Waals surface area contributed by atoms with Gasteiger partial charge in [0, 0.05) is 18.1 Å². The van der Waals surface area contributed by atoms with Gasteiger partial charge in [-0.2, -0.15) is 0 Å². The highest BCUT2D eigenvalue weighted by Gasteiger charge is 2.08. The summed E-state index contributed by atoms with van der Waals surface area (Å²) in [6.45, 7) is 5.42. The van der Waals surface area contributed by atoms with Crippen molar-refractivity contribution in [2.24, 2.45) is 5.92 Å². The second-order valence-corrected chi connectivity index (χ2v) is 6.15. The largest absolute Gasteiger partial charge is 0.368 e. The molecule has 0 fully saturated rings. The highest BCUT2D eigenvalue weighted by molar-refractivity contribution is 6.30. The van der Waals surface area contributed by atoms with Gasteiger partial charge in [0.15, 0.2) is 5.69 Å². The lowest BCUT2D eigenvalue weighted by molar-refractivity contribution is 0.0943. The van der Waals surface area contributed by atoms with Gasteiger partial charge in [0.1, 0.15) is 5.82 Å². The van der Waals surface area contributed by atoms with Gasteiger partial charge in [-0.1, -0.05) is 37.6 Å². The molecule has 0 spiro atoms. The summed E-state index contributed by atoms with van der Waals surface area (Å²) >= 11 is 5.95. The number of anilines is 1. The van der Waals surface area contributed by atoms with Crippen LogP contribution in [0.15, 0.2) is 36.4 Å². The number of nitrogens with zero attached hydrogens (tertiary/aromatic N) is 2. The summed E-state index contributed by atoms with van der Waals surface area (Å²) in [5.74, 6) is 0.850. The number of carbonyl (C=O) groups excluding carboxylic acids is 1. The summed E-state index contributed by atoms with van der Waals surface area (Å²) in [7, 11) is 0. The molecule has 0 saturated carbocycles. The average Bonchev–Trinajstić information content (AvgIpc) is 2.53. The van der Waals surface area contributed by atoms with Gasteiger partial charge in [-0.25, -0.2) is 0 Å². The second-order valence-electron chi connectivity index (χ2n) is 5.71. The predicted octanol–water partition coefficient (Wildman–Crippen LogP) is 3.17. The normalized spacial score (nSPS) is 10.6. The molecule has 2 rings (SSSR count). The van der Waals surface area contributed by atoms with Crippen LogP contribution in [-0.4, -0.2) is 29.2 Å². The van der Waals surface area contributed by atoms with Crippen molar-refractivity contribution in [3.63, 3.8) is 0 Å². The van der Waals surface area contributed by atoms with E-state index in [0.29, 0.717) is 30.5 Å². The van der Waals surface area contributed by atoms with Crippen molar-refractivity contribution in [3.8, 4) is 0 Å². The van der Waals surface area contributed by atoms with Crippen molar-refractivity contribution in [3.05, 3.63) is 52.7 Å². The Kier molecular flexibility index (Phi) is 6.35. The minimum Gasteiger partial charge on any atom is -0.368 e. The number of benzene rings is 1. The highest BCUT2D eigenvalue weighted by atomic mass is 35.5. The third kappa shape index (κ3) is 5.87. The van der Waals surface area contributed by atoms with E-state index in [9.17, 15) is 4.79 Å².